The van der Waals surface area contributed by atoms with Crippen LogP contribution in [0.3, 0.4) is 0 Å². The third-order valence-corrected chi connectivity index (χ3v) is 4.42. The van der Waals surface area contributed by atoms with E-state index in [0.717, 1.165) is 42.2 Å². The molecule has 1 atom stereocenters. The van der Waals surface area contributed by atoms with Gasteiger partial charge in [0, 0.05) is 36.2 Å². The quantitative estimate of drug-likeness (QED) is 0.939. The van der Waals surface area contributed by atoms with Crippen LogP contribution < -0.4 is 4.90 Å². The summed E-state index contributed by atoms with van der Waals surface area (Å²) in [6, 6.07) is 11.8. The first-order valence-electron chi connectivity index (χ1n) is 7.32. The van der Waals surface area contributed by atoms with Crippen molar-refractivity contribution < 1.29 is 5.11 Å². The SMILES string of the molecule is OC(c1cccnc1)C1CCN(c2cccc(Cl)c2)CC1. The van der Waals surface area contributed by atoms with Gasteiger partial charge in [0.15, 0.2) is 0 Å². The molecule has 1 aromatic heterocycles. The molecule has 2 aromatic rings. The van der Waals surface area contributed by atoms with E-state index in [0.29, 0.717) is 5.92 Å². The van der Waals surface area contributed by atoms with Crippen molar-refractivity contribution in [2.24, 2.45) is 5.92 Å². The number of pyridine rings is 1. The zero-order chi connectivity index (χ0) is 14.7. The fourth-order valence-corrected chi connectivity index (χ4v) is 3.15. The molecule has 0 amide bonds. The Morgan fingerprint density at radius 3 is 2.67 bits per heavy atom. The Morgan fingerprint density at radius 1 is 1.19 bits per heavy atom. The van der Waals surface area contributed by atoms with Crippen molar-refractivity contribution in [3.05, 3.63) is 59.4 Å². The van der Waals surface area contributed by atoms with Gasteiger partial charge in [0.2, 0.25) is 0 Å². The van der Waals surface area contributed by atoms with Crippen molar-refractivity contribution in [2.75, 3.05) is 18.0 Å². The molecule has 4 heteroatoms. The topological polar surface area (TPSA) is 36.4 Å². The van der Waals surface area contributed by atoms with Gasteiger partial charge in [-0.05, 0) is 48.6 Å². The molecule has 1 aromatic carbocycles. The molecule has 0 spiro atoms. The Kier molecular flexibility index (Phi) is 4.42. The fraction of sp³-hybridized carbons (Fsp3) is 0.353. The first-order valence-corrected chi connectivity index (χ1v) is 7.70. The van der Waals surface area contributed by atoms with Crippen LogP contribution in [0.15, 0.2) is 48.8 Å². The molecule has 0 bridgehead atoms. The lowest BCUT2D eigenvalue weighted by atomic mass is 9.88. The van der Waals surface area contributed by atoms with Crippen LogP contribution in [-0.4, -0.2) is 23.2 Å². The van der Waals surface area contributed by atoms with Crippen molar-refractivity contribution in [1.29, 1.82) is 0 Å². The average Bonchev–Trinajstić information content (AvgIpc) is 2.55. The van der Waals surface area contributed by atoms with Crippen molar-refractivity contribution in [1.82, 2.24) is 4.98 Å². The number of nitrogens with zero attached hydrogens (tertiary/aromatic N) is 2. The number of anilines is 1. The van der Waals surface area contributed by atoms with E-state index in [1.807, 2.05) is 30.3 Å². The van der Waals surface area contributed by atoms with E-state index in [1.54, 1.807) is 12.4 Å². The van der Waals surface area contributed by atoms with E-state index in [1.165, 1.54) is 0 Å². The highest BCUT2D eigenvalue weighted by Gasteiger charge is 2.26. The van der Waals surface area contributed by atoms with E-state index in [2.05, 4.69) is 16.0 Å². The highest BCUT2D eigenvalue weighted by molar-refractivity contribution is 6.30. The number of benzene rings is 1. The maximum atomic E-state index is 10.5. The maximum absolute atomic E-state index is 10.5. The van der Waals surface area contributed by atoms with E-state index < -0.39 is 6.10 Å². The van der Waals surface area contributed by atoms with Crippen LogP contribution in [0.25, 0.3) is 0 Å². The van der Waals surface area contributed by atoms with Gasteiger partial charge in [-0.3, -0.25) is 4.98 Å². The molecule has 2 heterocycles. The van der Waals surface area contributed by atoms with Gasteiger partial charge >= 0.3 is 0 Å². The molecular formula is C17H19ClN2O. The molecule has 0 radical (unpaired) electrons. The van der Waals surface area contributed by atoms with Crippen LogP contribution >= 0.6 is 11.6 Å². The van der Waals surface area contributed by atoms with Crippen molar-refractivity contribution in [3.63, 3.8) is 0 Å². The Balaban J connectivity index is 1.63. The van der Waals surface area contributed by atoms with Crippen molar-refractivity contribution in [2.45, 2.75) is 18.9 Å². The number of aliphatic hydroxyl groups excluding tert-OH is 1. The molecule has 0 saturated carbocycles. The van der Waals surface area contributed by atoms with Crippen LogP contribution in [0.1, 0.15) is 24.5 Å². The molecule has 21 heavy (non-hydrogen) atoms. The summed E-state index contributed by atoms with van der Waals surface area (Å²) in [7, 11) is 0. The molecular weight excluding hydrogens is 284 g/mol. The third kappa shape index (κ3) is 3.36. The van der Waals surface area contributed by atoms with Gasteiger partial charge in [0.1, 0.15) is 0 Å². The second kappa shape index (κ2) is 6.46. The number of aromatic nitrogens is 1. The summed E-state index contributed by atoms with van der Waals surface area (Å²) < 4.78 is 0. The lowest BCUT2D eigenvalue weighted by molar-refractivity contribution is 0.0926. The molecule has 110 valence electrons. The summed E-state index contributed by atoms with van der Waals surface area (Å²) in [5.74, 6) is 0.296. The summed E-state index contributed by atoms with van der Waals surface area (Å²) in [4.78, 5) is 6.42. The minimum Gasteiger partial charge on any atom is -0.388 e. The Bertz CT molecular complexity index is 582. The third-order valence-electron chi connectivity index (χ3n) is 4.19. The van der Waals surface area contributed by atoms with Gasteiger partial charge in [-0.15, -0.1) is 0 Å². The highest BCUT2D eigenvalue weighted by Crippen LogP contribution is 2.32. The van der Waals surface area contributed by atoms with E-state index in [9.17, 15) is 5.11 Å². The van der Waals surface area contributed by atoms with Crippen LogP contribution in [0.4, 0.5) is 5.69 Å². The lowest BCUT2D eigenvalue weighted by Gasteiger charge is -2.35. The maximum Gasteiger partial charge on any atom is 0.0834 e. The van der Waals surface area contributed by atoms with E-state index in [4.69, 9.17) is 11.6 Å². The monoisotopic (exact) mass is 302 g/mol. The van der Waals surface area contributed by atoms with Gasteiger partial charge in [0.05, 0.1) is 6.10 Å². The summed E-state index contributed by atoms with van der Waals surface area (Å²) in [6.07, 6.45) is 5.03. The van der Waals surface area contributed by atoms with Gasteiger partial charge in [-0.25, -0.2) is 0 Å². The second-order valence-electron chi connectivity index (χ2n) is 5.54. The molecule has 1 saturated heterocycles. The minimum atomic E-state index is -0.416. The predicted molar refractivity (Wildman–Crippen MR) is 85.6 cm³/mol. The lowest BCUT2D eigenvalue weighted by Crippen LogP contribution is -2.35. The average molecular weight is 303 g/mol. The zero-order valence-electron chi connectivity index (χ0n) is 11.8. The number of piperidine rings is 1. The molecule has 0 aliphatic carbocycles. The number of rotatable bonds is 3. The predicted octanol–water partition coefficient (Wildman–Crippen LogP) is 3.69. The molecule has 1 aliphatic heterocycles. The van der Waals surface area contributed by atoms with Crippen molar-refractivity contribution >= 4 is 17.3 Å². The molecule has 1 fully saturated rings. The molecule has 3 nitrogen and oxygen atoms in total. The number of hydrogen-bond donors (Lipinski definition) is 1. The fourth-order valence-electron chi connectivity index (χ4n) is 2.97. The first kappa shape index (κ1) is 14.4. The highest BCUT2D eigenvalue weighted by atomic mass is 35.5. The summed E-state index contributed by atoms with van der Waals surface area (Å²) in [6.45, 7) is 1.89. The number of hydrogen-bond acceptors (Lipinski definition) is 3. The number of halogens is 1. The minimum absolute atomic E-state index is 0.296. The molecule has 3 rings (SSSR count). The Labute approximate surface area is 130 Å². The van der Waals surface area contributed by atoms with E-state index >= 15 is 0 Å². The van der Waals surface area contributed by atoms with E-state index in [-0.39, 0.29) is 0 Å². The van der Waals surface area contributed by atoms with Gasteiger partial charge in [0.25, 0.3) is 0 Å². The first-order chi connectivity index (χ1) is 10.2. The molecule has 1 aliphatic rings. The standard InChI is InChI=1S/C17H19ClN2O/c18-15-4-1-5-16(11-15)20-9-6-13(7-10-20)17(21)14-3-2-8-19-12-14/h1-5,8,11-13,17,21H,6-7,9-10H2. The second-order valence-corrected chi connectivity index (χ2v) is 5.97. The summed E-state index contributed by atoms with van der Waals surface area (Å²) >= 11 is 6.05. The zero-order valence-corrected chi connectivity index (χ0v) is 12.6. The largest absolute Gasteiger partial charge is 0.388 e. The van der Waals surface area contributed by atoms with Crippen LogP contribution in [0, 0.1) is 5.92 Å². The molecule has 1 N–H and O–H groups in total. The van der Waals surface area contributed by atoms with Gasteiger partial charge < -0.3 is 10.0 Å². The summed E-state index contributed by atoms with van der Waals surface area (Å²) in [5, 5.41) is 11.2. The van der Waals surface area contributed by atoms with Crippen LogP contribution in [0.2, 0.25) is 5.02 Å². The normalized spacial score (nSPS) is 17.7. The summed E-state index contributed by atoms with van der Waals surface area (Å²) in [5.41, 5.74) is 2.08. The Hall–Kier alpha value is -1.58. The molecule has 1 unspecified atom stereocenters. The van der Waals surface area contributed by atoms with Crippen molar-refractivity contribution in [3.8, 4) is 0 Å². The van der Waals surface area contributed by atoms with Crippen LogP contribution in [0.5, 0.6) is 0 Å². The number of aliphatic hydroxyl groups is 1. The smallest absolute Gasteiger partial charge is 0.0834 e. The Morgan fingerprint density at radius 2 is 2.00 bits per heavy atom. The van der Waals surface area contributed by atoms with Gasteiger partial charge in [-0.1, -0.05) is 23.7 Å². The van der Waals surface area contributed by atoms with Crippen LogP contribution in [-0.2, 0) is 0 Å². The van der Waals surface area contributed by atoms with Gasteiger partial charge in [-0.2, -0.15) is 0 Å².